The van der Waals surface area contributed by atoms with Gasteiger partial charge in [-0.25, -0.2) is 8.42 Å². The zero-order valence-electron chi connectivity index (χ0n) is 9.73. The highest BCUT2D eigenvalue weighted by Gasteiger charge is 2.13. The Kier molecular flexibility index (Phi) is 6.53. The highest BCUT2D eigenvalue weighted by Crippen LogP contribution is 2.01. The summed E-state index contributed by atoms with van der Waals surface area (Å²) in [7, 11) is -2.90. The molecule has 15 heavy (non-hydrogen) atoms. The highest BCUT2D eigenvalue weighted by atomic mass is 32.2. The van der Waals surface area contributed by atoms with Crippen LogP contribution in [0.5, 0.6) is 0 Å². The third-order valence-electron chi connectivity index (χ3n) is 2.37. The molecular formula is C10H20N2O2S. The minimum Gasteiger partial charge on any atom is -0.299 e. The summed E-state index contributed by atoms with van der Waals surface area (Å²) in [5.74, 6) is 0.379. The molecule has 0 aromatic carbocycles. The molecule has 0 saturated carbocycles. The zero-order chi connectivity index (χ0) is 11.9. The summed E-state index contributed by atoms with van der Waals surface area (Å²) >= 11 is 0. The van der Waals surface area contributed by atoms with Crippen molar-refractivity contribution in [1.29, 1.82) is 5.26 Å². The van der Waals surface area contributed by atoms with Crippen LogP contribution in [0.25, 0.3) is 0 Å². The van der Waals surface area contributed by atoms with Crippen LogP contribution in [-0.2, 0) is 9.84 Å². The first-order chi connectivity index (χ1) is 6.93. The van der Waals surface area contributed by atoms with Crippen LogP contribution >= 0.6 is 0 Å². The van der Waals surface area contributed by atoms with Crippen LogP contribution in [0.3, 0.4) is 0 Å². The molecule has 0 amide bonds. The second-order valence-electron chi connectivity index (χ2n) is 3.77. The minimum atomic E-state index is -2.90. The van der Waals surface area contributed by atoms with E-state index in [4.69, 9.17) is 5.26 Å². The van der Waals surface area contributed by atoms with E-state index in [9.17, 15) is 8.42 Å². The van der Waals surface area contributed by atoms with E-state index in [1.165, 1.54) is 0 Å². The third-order valence-corrected chi connectivity index (χ3v) is 4.05. The summed E-state index contributed by atoms with van der Waals surface area (Å²) in [5, 5.41) is 8.48. The van der Waals surface area contributed by atoms with Gasteiger partial charge in [0.15, 0.2) is 9.84 Å². The van der Waals surface area contributed by atoms with Crippen molar-refractivity contribution in [2.24, 2.45) is 0 Å². The summed E-state index contributed by atoms with van der Waals surface area (Å²) in [4.78, 5) is 2.02. The maximum atomic E-state index is 11.3. The molecule has 0 aromatic heterocycles. The smallest absolute Gasteiger partial charge is 0.151 e. The Morgan fingerprint density at radius 2 is 1.93 bits per heavy atom. The van der Waals surface area contributed by atoms with Gasteiger partial charge in [0.2, 0.25) is 0 Å². The van der Waals surface area contributed by atoms with Crippen molar-refractivity contribution in [3.63, 3.8) is 0 Å². The largest absolute Gasteiger partial charge is 0.299 e. The van der Waals surface area contributed by atoms with Crippen molar-refractivity contribution < 1.29 is 8.42 Å². The lowest BCUT2D eigenvalue weighted by Crippen LogP contribution is -2.36. The van der Waals surface area contributed by atoms with Gasteiger partial charge in [-0.3, -0.25) is 4.90 Å². The summed E-state index contributed by atoms with van der Waals surface area (Å²) in [6.45, 7) is 6.85. The topological polar surface area (TPSA) is 61.2 Å². The molecule has 0 aliphatic carbocycles. The Morgan fingerprint density at radius 3 is 2.33 bits per heavy atom. The molecule has 0 radical (unpaired) electrons. The van der Waals surface area contributed by atoms with Crippen LogP contribution in [-0.4, -0.2) is 44.0 Å². The van der Waals surface area contributed by atoms with Gasteiger partial charge in [0.1, 0.15) is 0 Å². The Morgan fingerprint density at radius 1 is 1.33 bits per heavy atom. The van der Waals surface area contributed by atoms with Crippen LogP contribution in [0, 0.1) is 11.3 Å². The number of hydrogen-bond acceptors (Lipinski definition) is 4. The van der Waals surface area contributed by atoms with Crippen molar-refractivity contribution >= 4 is 9.84 Å². The third kappa shape index (κ3) is 6.47. The van der Waals surface area contributed by atoms with E-state index < -0.39 is 9.84 Å². The quantitative estimate of drug-likeness (QED) is 0.658. The van der Waals surface area contributed by atoms with E-state index in [-0.39, 0.29) is 17.5 Å². The van der Waals surface area contributed by atoms with Gasteiger partial charge >= 0.3 is 0 Å². The van der Waals surface area contributed by atoms with E-state index in [0.29, 0.717) is 19.5 Å². The number of sulfone groups is 1. The monoisotopic (exact) mass is 232 g/mol. The molecule has 5 heteroatoms. The first-order valence-corrected chi connectivity index (χ1v) is 7.06. The highest BCUT2D eigenvalue weighted by molar-refractivity contribution is 7.91. The predicted octanol–water partition coefficient (Wildman–Crippen LogP) is 1.05. The minimum absolute atomic E-state index is 0.188. The van der Waals surface area contributed by atoms with E-state index >= 15 is 0 Å². The van der Waals surface area contributed by atoms with Gasteiger partial charge in [0, 0.05) is 31.3 Å². The second-order valence-corrected chi connectivity index (χ2v) is 6.25. The normalized spacial score (nSPS) is 12.0. The maximum Gasteiger partial charge on any atom is 0.151 e. The van der Waals surface area contributed by atoms with Gasteiger partial charge in [-0.05, 0) is 13.8 Å². The van der Waals surface area contributed by atoms with E-state index in [1.54, 1.807) is 6.92 Å². The molecule has 0 rings (SSSR count). The fraction of sp³-hybridized carbons (Fsp3) is 0.900. The molecule has 0 aliphatic heterocycles. The fourth-order valence-corrected chi connectivity index (χ4v) is 2.02. The Balaban J connectivity index is 4.14. The van der Waals surface area contributed by atoms with Crippen molar-refractivity contribution in [2.75, 3.05) is 24.6 Å². The molecule has 0 heterocycles. The average molecular weight is 232 g/mol. The zero-order valence-corrected chi connectivity index (χ0v) is 10.5. The van der Waals surface area contributed by atoms with Gasteiger partial charge in [-0.2, -0.15) is 5.26 Å². The Labute approximate surface area is 92.8 Å². The number of nitrogens with zero attached hydrogens (tertiary/aromatic N) is 2. The standard InChI is InChI=1S/C10H20N2O2S/c1-4-15(13,14)9-8-12(10(2)3)7-5-6-11/h10H,4-5,7-9H2,1-3H3. The van der Waals surface area contributed by atoms with E-state index in [1.807, 2.05) is 18.7 Å². The number of hydrogen-bond donors (Lipinski definition) is 0. The fourth-order valence-electron chi connectivity index (χ4n) is 1.22. The summed E-state index contributed by atoms with van der Waals surface area (Å²) in [5.41, 5.74) is 0. The lowest BCUT2D eigenvalue weighted by molar-refractivity contribution is 0.240. The number of nitriles is 1. The van der Waals surface area contributed by atoms with Crippen LogP contribution in [0.4, 0.5) is 0 Å². The molecule has 0 aliphatic rings. The van der Waals surface area contributed by atoms with E-state index in [0.717, 1.165) is 0 Å². The summed E-state index contributed by atoms with van der Waals surface area (Å²) in [6, 6.07) is 2.36. The van der Waals surface area contributed by atoms with Crippen molar-refractivity contribution in [2.45, 2.75) is 33.2 Å². The molecule has 0 unspecified atom stereocenters. The summed E-state index contributed by atoms with van der Waals surface area (Å²) < 4.78 is 22.6. The number of rotatable bonds is 7. The molecule has 0 aromatic rings. The first-order valence-electron chi connectivity index (χ1n) is 5.24. The average Bonchev–Trinajstić information content (AvgIpc) is 2.17. The van der Waals surface area contributed by atoms with Crippen molar-refractivity contribution in [3.8, 4) is 6.07 Å². The lowest BCUT2D eigenvalue weighted by atomic mass is 10.3. The molecule has 0 bridgehead atoms. The SMILES string of the molecule is CCS(=O)(=O)CCN(CCC#N)C(C)C. The Bertz CT molecular complexity index is 304. The van der Waals surface area contributed by atoms with E-state index in [2.05, 4.69) is 6.07 Å². The molecule has 4 nitrogen and oxygen atoms in total. The molecule has 0 fully saturated rings. The molecule has 0 atom stereocenters. The predicted molar refractivity (Wildman–Crippen MR) is 61.3 cm³/mol. The molecule has 0 N–H and O–H groups in total. The van der Waals surface area contributed by atoms with Crippen molar-refractivity contribution in [3.05, 3.63) is 0 Å². The van der Waals surface area contributed by atoms with Gasteiger partial charge < -0.3 is 0 Å². The van der Waals surface area contributed by atoms with Crippen LogP contribution in [0.15, 0.2) is 0 Å². The molecule has 0 spiro atoms. The molecule has 88 valence electrons. The molecular weight excluding hydrogens is 212 g/mol. The van der Waals surface area contributed by atoms with Crippen LogP contribution in [0.1, 0.15) is 27.2 Å². The second kappa shape index (κ2) is 6.81. The summed E-state index contributed by atoms with van der Waals surface area (Å²) in [6.07, 6.45) is 0.449. The van der Waals surface area contributed by atoms with Crippen LogP contribution < -0.4 is 0 Å². The first kappa shape index (κ1) is 14.4. The van der Waals surface area contributed by atoms with Gasteiger partial charge in [-0.15, -0.1) is 0 Å². The molecule has 0 saturated heterocycles. The van der Waals surface area contributed by atoms with Crippen molar-refractivity contribution in [1.82, 2.24) is 4.90 Å². The van der Waals surface area contributed by atoms with Gasteiger partial charge in [0.25, 0.3) is 0 Å². The Hall–Kier alpha value is -0.600. The van der Waals surface area contributed by atoms with Gasteiger partial charge in [0.05, 0.1) is 11.8 Å². The maximum absolute atomic E-state index is 11.3. The van der Waals surface area contributed by atoms with Gasteiger partial charge in [-0.1, -0.05) is 6.92 Å². The van der Waals surface area contributed by atoms with Crippen LogP contribution in [0.2, 0.25) is 0 Å². The lowest BCUT2D eigenvalue weighted by Gasteiger charge is -2.25.